The van der Waals surface area contributed by atoms with Gasteiger partial charge in [0.15, 0.2) is 5.79 Å². The molecular weight excluding hydrogens is 250 g/mol. The molecule has 1 fully saturated rings. The summed E-state index contributed by atoms with van der Waals surface area (Å²) in [5.74, 6) is -0.373. The Morgan fingerprint density at radius 3 is 2.20 bits per heavy atom. The minimum atomic E-state index is -0.373. The largest absolute Gasteiger partial charge is 0.348 e. The predicted molar refractivity (Wildman–Crippen MR) is 85.0 cm³/mol. The lowest BCUT2D eigenvalue weighted by Crippen LogP contribution is -2.25. The Hall–Kier alpha value is -0.120. The normalized spacial score (nSPS) is 21.4. The molecule has 3 heteroatoms. The fourth-order valence-electron chi connectivity index (χ4n) is 2.68. The van der Waals surface area contributed by atoms with Crippen molar-refractivity contribution in [2.45, 2.75) is 90.4 Å². The molecule has 0 aromatic heterocycles. The van der Waals surface area contributed by atoms with Crippen LogP contribution in [0, 0.1) is 0 Å². The van der Waals surface area contributed by atoms with E-state index in [-0.39, 0.29) is 11.9 Å². The summed E-state index contributed by atoms with van der Waals surface area (Å²) in [6, 6.07) is 0. The molecule has 1 saturated heterocycles. The number of rotatable bonds is 12. The zero-order chi connectivity index (χ0) is 14.7. The Morgan fingerprint density at radius 1 is 0.950 bits per heavy atom. The molecule has 20 heavy (non-hydrogen) atoms. The van der Waals surface area contributed by atoms with E-state index in [0.717, 1.165) is 26.1 Å². The molecule has 1 rings (SSSR count). The van der Waals surface area contributed by atoms with E-state index in [9.17, 15) is 0 Å². The van der Waals surface area contributed by atoms with Crippen LogP contribution in [-0.2, 0) is 9.47 Å². The summed E-state index contributed by atoms with van der Waals surface area (Å²) < 4.78 is 11.3. The maximum Gasteiger partial charge on any atom is 0.163 e. The first-order valence-electron chi connectivity index (χ1n) is 8.66. The van der Waals surface area contributed by atoms with Gasteiger partial charge in [0.1, 0.15) is 0 Å². The monoisotopic (exact) mass is 285 g/mol. The van der Waals surface area contributed by atoms with Crippen molar-refractivity contribution in [1.29, 1.82) is 0 Å². The van der Waals surface area contributed by atoms with Gasteiger partial charge in [-0.1, -0.05) is 51.9 Å². The number of nitrogens with one attached hydrogen (secondary N) is 1. The molecule has 1 atom stereocenters. The third-order valence-electron chi connectivity index (χ3n) is 3.92. The zero-order valence-electron chi connectivity index (χ0n) is 13.9. The maximum absolute atomic E-state index is 5.78. The summed E-state index contributed by atoms with van der Waals surface area (Å²) in [5, 5.41) is 3.52. The van der Waals surface area contributed by atoms with E-state index < -0.39 is 0 Å². The van der Waals surface area contributed by atoms with E-state index in [1.807, 2.05) is 13.8 Å². The lowest BCUT2D eigenvalue weighted by Gasteiger charge is -2.17. The summed E-state index contributed by atoms with van der Waals surface area (Å²) in [4.78, 5) is 0. The molecule has 0 aliphatic carbocycles. The zero-order valence-corrected chi connectivity index (χ0v) is 13.9. The van der Waals surface area contributed by atoms with Gasteiger partial charge in [-0.25, -0.2) is 0 Å². The molecule has 0 aromatic carbocycles. The minimum Gasteiger partial charge on any atom is -0.348 e. The van der Waals surface area contributed by atoms with Crippen molar-refractivity contribution in [3.05, 3.63) is 0 Å². The van der Waals surface area contributed by atoms with Gasteiger partial charge in [-0.3, -0.25) is 0 Å². The van der Waals surface area contributed by atoms with E-state index in [2.05, 4.69) is 12.2 Å². The topological polar surface area (TPSA) is 30.5 Å². The molecule has 0 bridgehead atoms. The van der Waals surface area contributed by atoms with E-state index in [0.29, 0.717) is 0 Å². The van der Waals surface area contributed by atoms with Crippen LogP contribution < -0.4 is 5.32 Å². The van der Waals surface area contributed by atoms with Gasteiger partial charge in [0.05, 0.1) is 12.7 Å². The van der Waals surface area contributed by atoms with Gasteiger partial charge >= 0.3 is 0 Å². The number of hydrogen-bond donors (Lipinski definition) is 1. The summed E-state index contributed by atoms with van der Waals surface area (Å²) in [6.45, 7) is 9.18. The first-order chi connectivity index (χ1) is 9.64. The third kappa shape index (κ3) is 8.93. The Labute approximate surface area is 125 Å². The van der Waals surface area contributed by atoms with E-state index in [1.165, 1.54) is 51.4 Å². The van der Waals surface area contributed by atoms with Gasteiger partial charge in [0, 0.05) is 0 Å². The maximum atomic E-state index is 5.78. The Kier molecular flexibility index (Phi) is 9.49. The highest BCUT2D eigenvalue weighted by atomic mass is 16.7. The van der Waals surface area contributed by atoms with Crippen molar-refractivity contribution in [2.75, 3.05) is 19.7 Å². The standard InChI is InChI=1S/C17H35NO2/c1-4-5-6-7-8-9-10-11-13-18-14-12-16-15-19-17(2,3)20-16/h16,18H,4-15H2,1-3H3/t16-/m0/s1. The molecule has 0 saturated carbocycles. The summed E-state index contributed by atoms with van der Waals surface area (Å²) >= 11 is 0. The van der Waals surface area contributed by atoms with Crippen LogP contribution in [-0.4, -0.2) is 31.6 Å². The molecule has 1 aliphatic rings. The van der Waals surface area contributed by atoms with Crippen molar-refractivity contribution in [3.8, 4) is 0 Å². The third-order valence-corrected chi connectivity index (χ3v) is 3.92. The highest BCUT2D eigenvalue weighted by Gasteiger charge is 2.31. The number of ether oxygens (including phenoxy) is 2. The highest BCUT2D eigenvalue weighted by molar-refractivity contribution is 4.71. The lowest BCUT2D eigenvalue weighted by molar-refractivity contribution is -0.138. The van der Waals surface area contributed by atoms with Crippen molar-refractivity contribution in [1.82, 2.24) is 5.32 Å². The van der Waals surface area contributed by atoms with E-state index >= 15 is 0 Å². The van der Waals surface area contributed by atoms with Gasteiger partial charge in [0.25, 0.3) is 0 Å². The summed E-state index contributed by atoms with van der Waals surface area (Å²) in [7, 11) is 0. The lowest BCUT2D eigenvalue weighted by atomic mass is 10.1. The van der Waals surface area contributed by atoms with E-state index in [4.69, 9.17) is 9.47 Å². The molecule has 1 aliphatic heterocycles. The molecule has 0 unspecified atom stereocenters. The molecular formula is C17H35NO2. The Balaban J connectivity index is 1.77. The Bertz CT molecular complexity index is 231. The van der Waals surface area contributed by atoms with E-state index in [1.54, 1.807) is 0 Å². The second kappa shape index (κ2) is 10.6. The summed E-state index contributed by atoms with van der Waals surface area (Å²) in [6.07, 6.45) is 12.4. The van der Waals surface area contributed by atoms with Crippen LogP contribution >= 0.6 is 0 Å². The average molecular weight is 285 g/mol. The van der Waals surface area contributed by atoms with Crippen LogP contribution in [0.4, 0.5) is 0 Å². The van der Waals surface area contributed by atoms with Crippen LogP contribution in [0.3, 0.4) is 0 Å². The molecule has 0 spiro atoms. The second-order valence-corrected chi connectivity index (χ2v) is 6.46. The second-order valence-electron chi connectivity index (χ2n) is 6.46. The fourth-order valence-corrected chi connectivity index (χ4v) is 2.68. The van der Waals surface area contributed by atoms with Crippen molar-refractivity contribution in [2.24, 2.45) is 0 Å². The molecule has 1 heterocycles. The van der Waals surface area contributed by atoms with Gasteiger partial charge < -0.3 is 14.8 Å². The van der Waals surface area contributed by atoms with Crippen molar-refractivity contribution >= 4 is 0 Å². The smallest absolute Gasteiger partial charge is 0.163 e. The van der Waals surface area contributed by atoms with Crippen LogP contribution in [0.5, 0.6) is 0 Å². The quantitative estimate of drug-likeness (QED) is 0.544. The van der Waals surface area contributed by atoms with Crippen LogP contribution in [0.1, 0.15) is 78.6 Å². The van der Waals surface area contributed by atoms with Crippen LogP contribution in [0.15, 0.2) is 0 Å². The average Bonchev–Trinajstić information content (AvgIpc) is 2.75. The molecule has 0 amide bonds. The number of unbranched alkanes of at least 4 members (excludes halogenated alkanes) is 7. The number of hydrogen-bond acceptors (Lipinski definition) is 3. The minimum absolute atomic E-state index is 0.274. The van der Waals surface area contributed by atoms with Crippen LogP contribution in [0.2, 0.25) is 0 Å². The van der Waals surface area contributed by atoms with Gasteiger partial charge in [-0.05, 0) is 39.8 Å². The SMILES string of the molecule is CCCCCCCCCCNCC[C@H]1COC(C)(C)O1. The van der Waals surface area contributed by atoms with Gasteiger partial charge in [-0.2, -0.15) is 0 Å². The van der Waals surface area contributed by atoms with Gasteiger partial charge in [0.2, 0.25) is 0 Å². The molecule has 1 N–H and O–H groups in total. The predicted octanol–water partition coefficient (Wildman–Crippen LogP) is 4.26. The molecule has 0 aromatic rings. The molecule has 3 nitrogen and oxygen atoms in total. The van der Waals surface area contributed by atoms with Crippen molar-refractivity contribution < 1.29 is 9.47 Å². The fraction of sp³-hybridized carbons (Fsp3) is 1.00. The van der Waals surface area contributed by atoms with Crippen molar-refractivity contribution in [3.63, 3.8) is 0 Å². The molecule has 0 radical (unpaired) electrons. The first kappa shape index (κ1) is 17.9. The van der Waals surface area contributed by atoms with Gasteiger partial charge in [-0.15, -0.1) is 0 Å². The molecule has 120 valence electrons. The highest BCUT2D eigenvalue weighted by Crippen LogP contribution is 2.23. The first-order valence-corrected chi connectivity index (χ1v) is 8.66. The summed E-state index contributed by atoms with van der Waals surface area (Å²) in [5.41, 5.74) is 0. The Morgan fingerprint density at radius 2 is 1.60 bits per heavy atom. The van der Waals surface area contributed by atoms with Crippen LogP contribution in [0.25, 0.3) is 0 Å².